The summed E-state index contributed by atoms with van der Waals surface area (Å²) in [5, 5.41) is 0.763. The molecule has 0 aliphatic carbocycles. The van der Waals surface area contributed by atoms with E-state index in [4.69, 9.17) is 4.74 Å². The van der Waals surface area contributed by atoms with Crippen molar-refractivity contribution in [2.75, 3.05) is 39.4 Å². The minimum atomic E-state index is -0.306. The van der Waals surface area contributed by atoms with Gasteiger partial charge in [0.25, 0.3) is 0 Å². The molecule has 1 aromatic heterocycles. The highest BCUT2D eigenvalue weighted by Crippen LogP contribution is 2.24. The number of halogens is 1. The van der Waals surface area contributed by atoms with E-state index >= 15 is 0 Å². The lowest BCUT2D eigenvalue weighted by molar-refractivity contribution is -0.136. The third-order valence-corrected chi connectivity index (χ3v) is 5.85. The van der Waals surface area contributed by atoms with Crippen molar-refractivity contribution in [3.8, 4) is 0 Å². The Hall–Kier alpha value is -2.41. The summed E-state index contributed by atoms with van der Waals surface area (Å²) < 4.78 is 19.0. The van der Waals surface area contributed by atoms with Crippen LogP contribution in [-0.4, -0.2) is 66.0 Å². The Bertz CT molecular complexity index is 888. The van der Waals surface area contributed by atoms with Crippen LogP contribution < -0.4 is 0 Å². The van der Waals surface area contributed by atoms with E-state index in [1.54, 1.807) is 6.07 Å². The Morgan fingerprint density at radius 1 is 1.21 bits per heavy atom. The Balaban J connectivity index is 1.42. The molecule has 7 heteroatoms. The monoisotopic (exact) mass is 387 g/mol. The number of nitrogens with one attached hydrogen (secondary N) is 1. The number of amides is 2. The minimum Gasteiger partial charge on any atom is -0.381 e. The van der Waals surface area contributed by atoms with E-state index in [0.717, 1.165) is 35.0 Å². The Morgan fingerprint density at radius 2 is 2.00 bits per heavy atom. The molecule has 1 N–H and O–H groups in total. The fraction of sp³-hybridized carbons (Fsp3) is 0.524. The Morgan fingerprint density at radius 3 is 2.79 bits per heavy atom. The summed E-state index contributed by atoms with van der Waals surface area (Å²) in [6.07, 6.45) is 1.79. The van der Waals surface area contributed by atoms with Crippen molar-refractivity contribution < 1.29 is 18.7 Å². The van der Waals surface area contributed by atoms with Crippen molar-refractivity contribution in [2.45, 2.75) is 26.2 Å². The number of carbonyl (C=O) groups is 2. The van der Waals surface area contributed by atoms with Gasteiger partial charge in [0, 0.05) is 49.4 Å². The zero-order chi connectivity index (χ0) is 19.7. The van der Waals surface area contributed by atoms with Crippen LogP contribution in [0, 0.1) is 18.7 Å². The molecular weight excluding hydrogens is 361 g/mol. The smallest absolute Gasteiger partial charge is 0.228 e. The number of carbonyl (C=O) groups excluding carboxylic acids is 2. The number of hydrogen-bond acceptors (Lipinski definition) is 3. The van der Waals surface area contributed by atoms with Crippen LogP contribution in [0.1, 0.15) is 24.1 Å². The van der Waals surface area contributed by atoms with Crippen LogP contribution in [0.5, 0.6) is 0 Å². The van der Waals surface area contributed by atoms with Gasteiger partial charge in [0.1, 0.15) is 5.82 Å². The molecule has 0 spiro atoms. The first kappa shape index (κ1) is 18.9. The third kappa shape index (κ3) is 3.76. The lowest BCUT2D eigenvalue weighted by Gasteiger charge is -2.24. The largest absolute Gasteiger partial charge is 0.381 e. The highest BCUT2D eigenvalue weighted by Gasteiger charge is 2.30. The topological polar surface area (TPSA) is 65.6 Å². The third-order valence-electron chi connectivity index (χ3n) is 5.85. The molecule has 1 atom stereocenters. The van der Waals surface area contributed by atoms with Crippen LogP contribution in [0.3, 0.4) is 0 Å². The average molecular weight is 387 g/mol. The molecule has 3 heterocycles. The first-order valence-corrected chi connectivity index (χ1v) is 9.94. The van der Waals surface area contributed by atoms with Gasteiger partial charge < -0.3 is 19.5 Å². The lowest BCUT2D eigenvalue weighted by atomic mass is 10.1. The summed E-state index contributed by atoms with van der Waals surface area (Å²) in [4.78, 5) is 32.5. The number of aromatic amines is 1. The van der Waals surface area contributed by atoms with Crippen molar-refractivity contribution >= 4 is 22.7 Å². The number of H-pyrrole nitrogens is 1. The maximum absolute atomic E-state index is 13.7. The van der Waals surface area contributed by atoms with E-state index in [2.05, 4.69) is 4.98 Å². The molecule has 28 heavy (non-hydrogen) atoms. The molecule has 2 aliphatic rings. The van der Waals surface area contributed by atoms with Gasteiger partial charge in [-0.1, -0.05) is 0 Å². The number of fused-ring (bicyclic) bond motifs is 1. The molecule has 2 aromatic rings. The van der Waals surface area contributed by atoms with Crippen LogP contribution in [-0.2, 0) is 20.7 Å². The maximum Gasteiger partial charge on any atom is 0.228 e. The molecule has 1 aromatic carbocycles. The van der Waals surface area contributed by atoms with E-state index in [1.807, 2.05) is 16.7 Å². The van der Waals surface area contributed by atoms with E-state index in [-0.39, 0.29) is 30.0 Å². The molecule has 2 amide bonds. The Labute approximate surface area is 163 Å². The molecular formula is C21H26FN3O3. The standard InChI is InChI=1S/C21H26FN3O3/c1-14-17(18-11-16(22)3-4-19(18)23-14)12-20(26)24-6-2-7-25(9-8-24)21(27)15-5-10-28-13-15/h3-4,11,15,23H,2,5-10,12-13H2,1H3. The van der Waals surface area contributed by atoms with Crippen molar-refractivity contribution in [2.24, 2.45) is 5.92 Å². The number of aromatic nitrogens is 1. The van der Waals surface area contributed by atoms with E-state index in [0.29, 0.717) is 39.4 Å². The molecule has 150 valence electrons. The normalized spacial score (nSPS) is 20.6. The van der Waals surface area contributed by atoms with Crippen molar-refractivity contribution in [3.05, 3.63) is 35.3 Å². The fourth-order valence-electron chi connectivity index (χ4n) is 4.22. The van der Waals surface area contributed by atoms with Gasteiger partial charge in [-0.05, 0) is 43.5 Å². The van der Waals surface area contributed by atoms with Gasteiger partial charge in [-0.15, -0.1) is 0 Å². The minimum absolute atomic E-state index is 0.0201. The number of rotatable bonds is 3. The predicted molar refractivity (Wildman–Crippen MR) is 103 cm³/mol. The first-order chi connectivity index (χ1) is 13.5. The van der Waals surface area contributed by atoms with Crippen LogP contribution in [0.2, 0.25) is 0 Å². The van der Waals surface area contributed by atoms with Gasteiger partial charge in [0.15, 0.2) is 0 Å². The average Bonchev–Trinajstić information content (AvgIpc) is 3.23. The van der Waals surface area contributed by atoms with Crippen molar-refractivity contribution in [1.82, 2.24) is 14.8 Å². The molecule has 0 bridgehead atoms. The molecule has 6 nitrogen and oxygen atoms in total. The van der Waals surface area contributed by atoms with Crippen molar-refractivity contribution in [1.29, 1.82) is 0 Å². The molecule has 2 aliphatic heterocycles. The highest BCUT2D eigenvalue weighted by molar-refractivity contribution is 5.90. The van der Waals surface area contributed by atoms with E-state index < -0.39 is 0 Å². The van der Waals surface area contributed by atoms with Crippen molar-refractivity contribution in [3.63, 3.8) is 0 Å². The summed E-state index contributed by atoms with van der Waals surface area (Å²) in [5.41, 5.74) is 2.58. The van der Waals surface area contributed by atoms with Crippen LogP contribution in [0.25, 0.3) is 10.9 Å². The van der Waals surface area contributed by atoms with Gasteiger partial charge >= 0.3 is 0 Å². The summed E-state index contributed by atoms with van der Waals surface area (Å²) in [7, 11) is 0. The highest BCUT2D eigenvalue weighted by atomic mass is 19.1. The lowest BCUT2D eigenvalue weighted by Crippen LogP contribution is -2.40. The van der Waals surface area contributed by atoms with Crippen LogP contribution in [0.4, 0.5) is 4.39 Å². The zero-order valence-corrected chi connectivity index (χ0v) is 16.2. The van der Waals surface area contributed by atoms with E-state index in [1.165, 1.54) is 12.1 Å². The summed E-state index contributed by atoms with van der Waals surface area (Å²) in [6, 6.07) is 4.60. The predicted octanol–water partition coefficient (Wildman–Crippen LogP) is 2.26. The van der Waals surface area contributed by atoms with Gasteiger partial charge in [-0.3, -0.25) is 9.59 Å². The number of benzene rings is 1. The molecule has 2 saturated heterocycles. The second-order valence-electron chi connectivity index (χ2n) is 7.72. The van der Waals surface area contributed by atoms with E-state index in [9.17, 15) is 14.0 Å². The van der Waals surface area contributed by atoms with Gasteiger partial charge in [0.05, 0.1) is 18.9 Å². The molecule has 0 radical (unpaired) electrons. The number of aryl methyl sites for hydroxylation is 1. The summed E-state index contributed by atoms with van der Waals surface area (Å²) >= 11 is 0. The fourth-order valence-corrected chi connectivity index (χ4v) is 4.22. The quantitative estimate of drug-likeness (QED) is 0.879. The number of hydrogen-bond donors (Lipinski definition) is 1. The number of ether oxygens (including phenoxy) is 1. The van der Waals surface area contributed by atoms with Gasteiger partial charge in [-0.25, -0.2) is 4.39 Å². The SMILES string of the molecule is Cc1[nH]c2ccc(F)cc2c1CC(=O)N1CCCN(C(=O)C2CCOC2)CC1. The Kier molecular flexibility index (Phi) is 5.35. The molecule has 1 unspecified atom stereocenters. The number of nitrogens with zero attached hydrogens (tertiary/aromatic N) is 2. The maximum atomic E-state index is 13.7. The zero-order valence-electron chi connectivity index (χ0n) is 16.2. The molecule has 2 fully saturated rings. The molecule has 4 rings (SSSR count). The second-order valence-corrected chi connectivity index (χ2v) is 7.72. The first-order valence-electron chi connectivity index (χ1n) is 9.94. The summed E-state index contributed by atoms with van der Waals surface area (Å²) in [6.45, 7) is 5.48. The molecule has 0 saturated carbocycles. The second kappa shape index (κ2) is 7.91. The van der Waals surface area contributed by atoms with Crippen LogP contribution in [0.15, 0.2) is 18.2 Å². The van der Waals surface area contributed by atoms with Crippen LogP contribution >= 0.6 is 0 Å². The summed E-state index contributed by atoms with van der Waals surface area (Å²) in [5.74, 6) is -0.174. The van der Waals surface area contributed by atoms with Gasteiger partial charge in [-0.2, -0.15) is 0 Å². The van der Waals surface area contributed by atoms with Gasteiger partial charge in [0.2, 0.25) is 11.8 Å².